The van der Waals surface area contributed by atoms with Gasteiger partial charge in [-0.2, -0.15) is 0 Å². The molecule has 40 heavy (non-hydrogen) atoms. The van der Waals surface area contributed by atoms with Crippen LogP contribution in [-0.2, 0) is 0 Å². The van der Waals surface area contributed by atoms with Gasteiger partial charge in [0.05, 0.1) is 5.69 Å². The molecule has 1 aliphatic heterocycles. The molecule has 6 rings (SSSR count). The van der Waals surface area contributed by atoms with Crippen LogP contribution in [0.25, 0.3) is 32.3 Å². The maximum atomic E-state index is 13.6. The average molecular weight is 550 g/mol. The first kappa shape index (κ1) is 26.0. The minimum absolute atomic E-state index is 0.299. The molecule has 0 saturated carbocycles. The molecule has 202 valence electrons. The lowest BCUT2D eigenvalue weighted by molar-refractivity contribution is 0.102. The number of carbonyl (C=O) groups is 1. The van der Waals surface area contributed by atoms with Gasteiger partial charge in [0.2, 0.25) is 0 Å². The predicted molar refractivity (Wildman–Crippen MR) is 162 cm³/mol. The Kier molecular flexibility index (Phi) is 7.74. The number of fused-ring (bicyclic) bond motifs is 1. The maximum absolute atomic E-state index is 13.6. The summed E-state index contributed by atoms with van der Waals surface area (Å²) < 4.78 is 0. The fourth-order valence-corrected chi connectivity index (χ4v) is 5.98. The lowest BCUT2D eigenvalue weighted by Crippen LogP contribution is -2.39. The second-order valence-corrected chi connectivity index (χ2v) is 10.9. The highest BCUT2D eigenvalue weighted by molar-refractivity contribution is 7.21. The molecule has 0 radical (unpaired) electrons. The van der Waals surface area contributed by atoms with E-state index >= 15 is 0 Å². The average Bonchev–Trinajstić information content (AvgIpc) is 3.43. The molecule has 1 fully saturated rings. The van der Waals surface area contributed by atoms with Crippen LogP contribution < -0.4 is 10.6 Å². The molecule has 4 heterocycles. The Bertz CT molecular complexity index is 1580. The van der Waals surface area contributed by atoms with Crippen molar-refractivity contribution in [3.63, 3.8) is 0 Å². The Labute approximate surface area is 237 Å². The number of benzene rings is 2. The van der Waals surface area contributed by atoms with E-state index in [0.717, 1.165) is 59.0 Å². The SMILES string of the molecule is CCCN1CCC(Nc2cc(C(=O)Nc3ccccc3-c3nc4cccnc4s3)nc(-c3ccccc3)n2)CC1. The molecule has 0 bridgehead atoms. The number of pyridine rings is 1. The first-order valence-corrected chi connectivity index (χ1v) is 14.5. The van der Waals surface area contributed by atoms with E-state index in [1.807, 2.05) is 66.7 Å². The number of carbonyl (C=O) groups excluding carboxylic acids is 1. The summed E-state index contributed by atoms with van der Waals surface area (Å²) in [5, 5.41) is 7.47. The van der Waals surface area contributed by atoms with Crippen molar-refractivity contribution in [3.05, 3.63) is 84.7 Å². The molecule has 0 unspecified atom stereocenters. The number of nitrogens with one attached hydrogen (secondary N) is 2. The van der Waals surface area contributed by atoms with Crippen molar-refractivity contribution in [3.8, 4) is 22.0 Å². The standard InChI is InChI=1S/C31H31N7OS/c1-2-17-38-18-14-22(15-19-38)33-27-20-26(34-28(37-27)21-9-4-3-5-10-21)29(39)35-24-12-7-6-11-23(24)30-36-25-13-8-16-32-31(25)40-30/h3-13,16,20,22H,2,14-15,17-19H2,1H3,(H,35,39)(H,33,34,37). The Morgan fingerprint density at radius 1 is 0.975 bits per heavy atom. The van der Waals surface area contributed by atoms with Crippen LogP contribution in [0.1, 0.15) is 36.7 Å². The second-order valence-electron chi connectivity index (χ2n) is 9.93. The van der Waals surface area contributed by atoms with Gasteiger partial charge in [0.25, 0.3) is 5.91 Å². The first-order valence-electron chi connectivity index (χ1n) is 13.7. The van der Waals surface area contributed by atoms with Crippen molar-refractivity contribution in [2.45, 2.75) is 32.2 Å². The molecule has 3 aromatic heterocycles. The van der Waals surface area contributed by atoms with Crippen molar-refractivity contribution in [1.29, 1.82) is 0 Å². The van der Waals surface area contributed by atoms with E-state index < -0.39 is 0 Å². The van der Waals surface area contributed by atoms with Gasteiger partial charge in [0.15, 0.2) is 5.82 Å². The fourth-order valence-electron chi connectivity index (χ4n) is 5.03. The minimum Gasteiger partial charge on any atom is -0.367 e. The van der Waals surface area contributed by atoms with Crippen molar-refractivity contribution < 1.29 is 4.79 Å². The van der Waals surface area contributed by atoms with E-state index in [4.69, 9.17) is 9.97 Å². The van der Waals surface area contributed by atoms with E-state index in [1.165, 1.54) is 17.8 Å². The molecule has 5 aromatic rings. The van der Waals surface area contributed by atoms with Crippen molar-refractivity contribution in [1.82, 2.24) is 24.8 Å². The van der Waals surface area contributed by atoms with Gasteiger partial charge in [-0.3, -0.25) is 4.79 Å². The van der Waals surface area contributed by atoms with E-state index in [9.17, 15) is 4.79 Å². The second kappa shape index (κ2) is 11.9. The first-order chi connectivity index (χ1) is 19.7. The molecule has 1 saturated heterocycles. The van der Waals surface area contributed by atoms with Crippen LogP contribution in [0.3, 0.4) is 0 Å². The van der Waals surface area contributed by atoms with E-state index in [1.54, 1.807) is 12.3 Å². The van der Waals surface area contributed by atoms with Gasteiger partial charge in [-0.1, -0.05) is 60.7 Å². The number of thiazole rings is 1. The quantitative estimate of drug-likeness (QED) is 0.233. The molecule has 0 spiro atoms. The molecular weight excluding hydrogens is 518 g/mol. The number of rotatable bonds is 8. The Hall–Kier alpha value is -4.21. The predicted octanol–water partition coefficient (Wildman–Crippen LogP) is 6.35. The fraction of sp³-hybridized carbons (Fsp3) is 0.258. The summed E-state index contributed by atoms with van der Waals surface area (Å²) in [6.45, 7) is 5.48. The highest BCUT2D eigenvalue weighted by Gasteiger charge is 2.21. The summed E-state index contributed by atoms with van der Waals surface area (Å²) in [6.07, 6.45) is 5.01. The van der Waals surface area contributed by atoms with Crippen LogP contribution in [0, 0.1) is 0 Å². The molecule has 8 nitrogen and oxygen atoms in total. The number of nitrogens with zero attached hydrogens (tertiary/aromatic N) is 5. The van der Waals surface area contributed by atoms with Gasteiger partial charge in [-0.15, -0.1) is 0 Å². The third-order valence-corrected chi connectivity index (χ3v) is 8.05. The zero-order chi connectivity index (χ0) is 27.3. The number of hydrogen-bond acceptors (Lipinski definition) is 8. The zero-order valence-corrected chi connectivity index (χ0v) is 23.2. The molecular formula is C31H31N7OS. The smallest absolute Gasteiger partial charge is 0.274 e. The van der Waals surface area contributed by atoms with E-state index in [-0.39, 0.29) is 5.91 Å². The number of aromatic nitrogens is 4. The highest BCUT2D eigenvalue weighted by atomic mass is 32.1. The van der Waals surface area contributed by atoms with Crippen molar-refractivity contribution in [2.75, 3.05) is 30.3 Å². The normalized spacial score (nSPS) is 14.3. The van der Waals surface area contributed by atoms with Gasteiger partial charge in [-0.25, -0.2) is 19.9 Å². The zero-order valence-electron chi connectivity index (χ0n) is 22.4. The Morgan fingerprint density at radius 3 is 2.58 bits per heavy atom. The van der Waals surface area contributed by atoms with E-state index in [2.05, 4.69) is 32.4 Å². The number of amides is 1. The minimum atomic E-state index is -0.299. The van der Waals surface area contributed by atoms with Gasteiger partial charge < -0.3 is 15.5 Å². The van der Waals surface area contributed by atoms with Crippen LogP contribution >= 0.6 is 11.3 Å². The van der Waals surface area contributed by atoms with Gasteiger partial charge in [-0.05, 0) is 50.1 Å². The number of likely N-dealkylation sites (tertiary alicyclic amines) is 1. The van der Waals surface area contributed by atoms with Gasteiger partial charge in [0, 0.05) is 42.5 Å². The van der Waals surface area contributed by atoms with Crippen molar-refractivity contribution >= 4 is 39.1 Å². The summed E-state index contributed by atoms with van der Waals surface area (Å²) in [4.78, 5) is 35.6. The van der Waals surface area contributed by atoms with Crippen molar-refractivity contribution in [2.24, 2.45) is 0 Å². The van der Waals surface area contributed by atoms with Crippen LogP contribution in [-0.4, -0.2) is 56.4 Å². The summed E-state index contributed by atoms with van der Waals surface area (Å²) in [5.74, 6) is 0.885. The summed E-state index contributed by atoms with van der Waals surface area (Å²) >= 11 is 1.50. The van der Waals surface area contributed by atoms with E-state index in [0.29, 0.717) is 29.1 Å². The molecule has 0 atom stereocenters. The number of para-hydroxylation sites is 1. The summed E-state index contributed by atoms with van der Waals surface area (Å²) in [6, 6.07) is 23.3. The lowest BCUT2D eigenvalue weighted by atomic mass is 10.0. The maximum Gasteiger partial charge on any atom is 0.274 e. The third-order valence-electron chi connectivity index (χ3n) is 7.04. The Morgan fingerprint density at radius 2 is 1.77 bits per heavy atom. The lowest BCUT2D eigenvalue weighted by Gasteiger charge is -2.32. The number of hydrogen-bond donors (Lipinski definition) is 2. The number of piperidine rings is 1. The van der Waals surface area contributed by atoms with Crippen LogP contribution in [0.5, 0.6) is 0 Å². The molecule has 1 amide bonds. The van der Waals surface area contributed by atoms with Crippen LogP contribution in [0.15, 0.2) is 79.0 Å². The molecule has 2 N–H and O–H groups in total. The van der Waals surface area contributed by atoms with Crippen LogP contribution in [0.2, 0.25) is 0 Å². The molecule has 1 aliphatic rings. The van der Waals surface area contributed by atoms with Crippen LogP contribution in [0.4, 0.5) is 11.5 Å². The highest BCUT2D eigenvalue weighted by Crippen LogP contribution is 2.34. The number of anilines is 2. The monoisotopic (exact) mass is 549 g/mol. The Balaban J connectivity index is 1.28. The molecule has 9 heteroatoms. The van der Waals surface area contributed by atoms with Gasteiger partial charge in [0.1, 0.15) is 26.9 Å². The molecule has 2 aromatic carbocycles. The largest absolute Gasteiger partial charge is 0.367 e. The van der Waals surface area contributed by atoms with Gasteiger partial charge >= 0.3 is 0 Å². The summed E-state index contributed by atoms with van der Waals surface area (Å²) in [5.41, 5.74) is 3.52. The summed E-state index contributed by atoms with van der Waals surface area (Å²) in [7, 11) is 0. The topological polar surface area (TPSA) is 95.9 Å². The molecule has 0 aliphatic carbocycles. The third kappa shape index (κ3) is 5.85.